The van der Waals surface area contributed by atoms with Gasteiger partial charge in [-0.15, -0.1) is 0 Å². The molecule has 0 radical (unpaired) electrons. The van der Waals surface area contributed by atoms with E-state index in [0.717, 1.165) is 5.56 Å². The van der Waals surface area contributed by atoms with Crippen molar-refractivity contribution in [2.45, 2.75) is 18.8 Å². The SMILES string of the molecule is O=C([O-])C[C@@H](CC(=O)Nc1ccccn1)c1ccccc1. The Morgan fingerprint density at radius 2 is 1.76 bits per heavy atom. The molecule has 1 aromatic heterocycles. The van der Waals surface area contributed by atoms with E-state index in [1.165, 1.54) is 0 Å². The van der Waals surface area contributed by atoms with Gasteiger partial charge in [-0.2, -0.15) is 0 Å². The molecule has 2 rings (SSSR count). The van der Waals surface area contributed by atoms with Crippen molar-refractivity contribution in [2.75, 3.05) is 5.32 Å². The van der Waals surface area contributed by atoms with Crippen molar-refractivity contribution in [3.05, 3.63) is 60.3 Å². The van der Waals surface area contributed by atoms with Crippen LogP contribution in [0.2, 0.25) is 0 Å². The van der Waals surface area contributed by atoms with Crippen molar-refractivity contribution in [1.29, 1.82) is 0 Å². The minimum absolute atomic E-state index is 0.0641. The van der Waals surface area contributed by atoms with Crippen molar-refractivity contribution >= 4 is 17.7 Å². The van der Waals surface area contributed by atoms with Crippen LogP contribution in [-0.4, -0.2) is 16.9 Å². The maximum absolute atomic E-state index is 12.0. The number of rotatable bonds is 6. The number of aliphatic carboxylic acids is 1. The van der Waals surface area contributed by atoms with Crippen LogP contribution in [0.15, 0.2) is 54.7 Å². The standard InChI is InChI=1S/C16H16N2O3/c19-15(18-14-8-4-5-9-17-14)10-13(11-16(20)21)12-6-2-1-3-7-12/h1-9,13H,10-11H2,(H,20,21)(H,17,18,19)/p-1/t13-/m1/s1. The fourth-order valence-corrected chi connectivity index (χ4v) is 2.09. The molecule has 5 heteroatoms. The Hall–Kier alpha value is -2.69. The third-order valence-corrected chi connectivity index (χ3v) is 3.05. The van der Waals surface area contributed by atoms with Gasteiger partial charge in [0.15, 0.2) is 0 Å². The van der Waals surface area contributed by atoms with Crippen LogP contribution in [0.5, 0.6) is 0 Å². The number of nitrogens with one attached hydrogen (secondary N) is 1. The summed E-state index contributed by atoms with van der Waals surface area (Å²) in [5, 5.41) is 13.5. The predicted octanol–water partition coefficient (Wildman–Crippen LogP) is 1.33. The fraction of sp³-hybridized carbons (Fsp3) is 0.188. The molecule has 0 saturated carbocycles. The first kappa shape index (κ1) is 14.7. The maximum atomic E-state index is 12.0. The second-order valence-electron chi connectivity index (χ2n) is 4.65. The third-order valence-electron chi connectivity index (χ3n) is 3.05. The van der Waals surface area contributed by atoms with Crippen molar-refractivity contribution in [1.82, 2.24) is 4.98 Å². The van der Waals surface area contributed by atoms with Crippen molar-refractivity contribution in [2.24, 2.45) is 0 Å². The van der Waals surface area contributed by atoms with E-state index < -0.39 is 11.9 Å². The minimum Gasteiger partial charge on any atom is -0.550 e. The smallest absolute Gasteiger partial charge is 0.226 e. The van der Waals surface area contributed by atoms with Crippen LogP contribution in [0.4, 0.5) is 5.82 Å². The first-order chi connectivity index (χ1) is 10.1. The number of pyridine rings is 1. The summed E-state index contributed by atoms with van der Waals surface area (Å²) < 4.78 is 0. The van der Waals surface area contributed by atoms with Crippen LogP contribution in [0.25, 0.3) is 0 Å². The number of amides is 1. The Bertz CT molecular complexity index is 599. The highest BCUT2D eigenvalue weighted by molar-refractivity contribution is 5.90. The summed E-state index contributed by atoms with van der Waals surface area (Å²) >= 11 is 0. The van der Waals surface area contributed by atoms with Gasteiger partial charge in [0.25, 0.3) is 0 Å². The molecular weight excluding hydrogens is 268 g/mol. The molecule has 1 amide bonds. The van der Waals surface area contributed by atoms with E-state index in [1.807, 2.05) is 30.3 Å². The highest BCUT2D eigenvalue weighted by Crippen LogP contribution is 2.23. The van der Waals surface area contributed by atoms with Crippen molar-refractivity contribution < 1.29 is 14.7 Å². The Kier molecular flexibility index (Phi) is 5.04. The van der Waals surface area contributed by atoms with Crippen LogP contribution >= 0.6 is 0 Å². The molecule has 108 valence electrons. The lowest BCUT2D eigenvalue weighted by Crippen LogP contribution is -2.26. The molecule has 0 bridgehead atoms. The molecule has 21 heavy (non-hydrogen) atoms. The van der Waals surface area contributed by atoms with Crippen LogP contribution in [0, 0.1) is 0 Å². The van der Waals surface area contributed by atoms with Gasteiger partial charge in [0.05, 0.1) is 0 Å². The molecule has 1 aromatic carbocycles. The number of carbonyl (C=O) groups excluding carboxylic acids is 2. The quantitative estimate of drug-likeness (QED) is 0.867. The molecule has 1 N–H and O–H groups in total. The second-order valence-corrected chi connectivity index (χ2v) is 4.65. The van der Waals surface area contributed by atoms with E-state index in [2.05, 4.69) is 10.3 Å². The van der Waals surface area contributed by atoms with Gasteiger partial charge >= 0.3 is 0 Å². The fourth-order valence-electron chi connectivity index (χ4n) is 2.09. The molecule has 0 aliphatic rings. The van der Waals surface area contributed by atoms with Crippen LogP contribution in [0.1, 0.15) is 24.3 Å². The second kappa shape index (κ2) is 7.19. The number of nitrogens with zero attached hydrogens (tertiary/aromatic N) is 1. The maximum Gasteiger partial charge on any atom is 0.226 e. The van der Waals surface area contributed by atoms with E-state index in [9.17, 15) is 14.7 Å². The van der Waals surface area contributed by atoms with Crippen molar-refractivity contribution in [3.8, 4) is 0 Å². The average molecular weight is 283 g/mol. The highest BCUT2D eigenvalue weighted by atomic mass is 16.4. The summed E-state index contributed by atoms with van der Waals surface area (Å²) in [4.78, 5) is 26.9. The number of hydrogen-bond acceptors (Lipinski definition) is 4. The lowest BCUT2D eigenvalue weighted by atomic mass is 9.92. The average Bonchev–Trinajstić information content (AvgIpc) is 2.48. The number of carbonyl (C=O) groups is 2. The summed E-state index contributed by atoms with van der Waals surface area (Å²) in [6, 6.07) is 14.3. The first-order valence-electron chi connectivity index (χ1n) is 6.61. The van der Waals surface area contributed by atoms with E-state index in [0.29, 0.717) is 5.82 Å². The normalized spacial score (nSPS) is 11.6. The van der Waals surface area contributed by atoms with Gasteiger partial charge in [0.1, 0.15) is 5.82 Å². The van der Waals surface area contributed by atoms with Crippen LogP contribution < -0.4 is 10.4 Å². The summed E-state index contributed by atoms with van der Waals surface area (Å²) in [6.45, 7) is 0. The zero-order chi connectivity index (χ0) is 15.1. The number of benzene rings is 1. The highest BCUT2D eigenvalue weighted by Gasteiger charge is 2.16. The lowest BCUT2D eigenvalue weighted by molar-refractivity contribution is -0.306. The van der Waals surface area contributed by atoms with Gasteiger partial charge in [-0.25, -0.2) is 4.98 Å². The molecule has 2 aromatic rings. The minimum atomic E-state index is -1.17. The molecule has 0 aliphatic carbocycles. The zero-order valence-corrected chi connectivity index (χ0v) is 11.4. The number of anilines is 1. The van der Waals surface area contributed by atoms with Gasteiger partial charge in [0.2, 0.25) is 5.91 Å². The largest absolute Gasteiger partial charge is 0.550 e. The predicted molar refractivity (Wildman–Crippen MR) is 76.3 cm³/mol. The molecule has 0 fully saturated rings. The van der Waals surface area contributed by atoms with Crippen LogP contribution in [-0.2, 0) is 9.59 Å². The Morgan fingerprint density at radius 1 is 1.05 bits per heavy atom. The first-order valence-corrected chi connectivity index (χ1v) is 6.61. The van der Waals surface area contributed by atoms with Gasteiger partial charge in [-0.1, -0.05) is 36.4 Å². The molecular formula is C16H15N2O3-. The third kappa shape index (κ3) is 4.72. The van der Waals surface area contributed by atoms with Crippen molar-refractivity contribution in [3.63, 3.8) is 0 Å². The summed E-state index contributed by atoms with van der Waals surface area (Å²) in [5.41, 5.74) is 0.804. The lowest BCUT2D eigenvalue weighted by Gasteiger charge is -2.17. The molecule has 0 spiro atoms. The number of aromatic nitrogens is 1. The summed E-state index contributed by atoms with van der Waals surface area (Å²) in [6.07, 6.45) is 1.44. The number of carboxylic acids is 1. The van der Waals surface area contributed by atoms with Crippen LogP contribution in [0.3, 0.4) is 0 Å². The van der Waals surface area contributed by atoms with Gasteiger partial charge in [-0.3, -0.25) is 4.79 Å². The van der Waals surface area contributed by atoms with Gasteiger partial charge in [0, 0.05) is 18.6 Å². The number of hydrogen-bond donors (Lipinski definition) is 1. The molecule has 1 atom stereocenters. The monoisotopic (exact) mass is 283 g/mol. The van der Waals surface area contributed by atoms with Gasteiger partial charge < -0.3 is 15.2 Å². The molecule has 0 saturated heterocycles. The Balaban J connectivity index is 2.05. The molecule has 5 nitrogen and oxygen atoms in total. The van der Waals surface area contributed by atoms with E-state index in [1.54, 1.807) is 24.4 Å². The summed E-state index contributed by atoms with van der Waals surface area (Å²) in [7, 11) is 0. The van der Waals surface area contributed by atoms with Gasteiger partial charge in [-0.05, 0) is 30.0 Å². The van der Waals surface area contributed by atoms with E-state index in [4.69, 9.17) is 0 Å². The molecule has 0 unspecified atom stereocenters. The molecule has 1 heterocycles. The number of carboxylic acid groups (broad SMARTS) is 1. The topological polar surface area (TPSA) is 82.1 Å². The molecule has 0 aliphatic heterocycles. The zero-order valence-electron chi connectivity index (χ0n) is 11.4. The Labute approximate surface area is 122 Å². The van der Waals surface area contributed by atoms with E-state index in [-0.39, 0.29) is 18.7 Å². The summed E-state index contributed by atoms with van der Waals surface area (Å²) in [5.74, 6) is -1.42. The van der Waals surface area contributed by atoms with E-state index >= 15 is 0 Å². The Morgan fingerprint density at radius 3 is 2.38 bits per heavy atom.